The highest BCUT2D eigenvalue weighted by molar-refractivity contribution is 5.66. The van der Waals surface area contributed by atoms with Crippen LogP contribution < -0.4 is 10.4 Å². The Labute approximate surface area is 111 Å². The van der Waals surface area contributed by atoms with Crippen LogP contribution in [0.15, 0.2) is 51.7 Å². The van der Waals surface area contributed by atoms with Crippen LogP contribution in [0.2, 0.25) is 0 Å². The maximum atomic E-state index is 12.0. The van der Waals surface area contributed by atoms with E-state index in [4.69, 9.17) is 9.15 Å². The minimum absolute atomic E-state index is 0.284. The Kier molecular flexibility index (Phi) is 2.56. The summed E-state index contributed by atoms with van der Waals surface area (Å²) in [4.78, 5) is 12.0. The number of hydrogen-bond donors (Lipinski definition) is 0. The molecule has 0 bridgehead atoms. The average molecular weight is 254 g/mol. The lowest BCUT2D eigenvalue weighted by Gasteiger charge is -2.26. The molecular formula is C16H14O3. The number of benzene rings is 1. The molecule has 96 valence electrons. The third-order valence-corrected chi connectivity index (χ3v) is 3.02. The Morgan fingerprint density at radius 3 is 2.58 bits per heavy atom. The highest BCUT2D eigenvalue weighted by atomic mass is 16.5. The predicted octanol–water partition coefficient (Wildman–Crippen LogP) is 3.49. The van der Waals surface area contributed by atoms with Crippen LogP contribution in [0.3, 0.4) is 0 Å². The van der Waals surface area contributed by atoms with Crippen LogP contribution in [-0.4, -0.2) is 5.60 Å². The lowest BCUT2D eigenvalue weighted by atomic mass is 10.0. The summed E-state index contributed by atoms with van der Waals surface area (Å²) in [5.41, 5.74) is 0.722. The first-order chi connectivity index (χ1) is 9.05. The molecule has 3 nitrogen and oxygen atoms in total. The van der Waals surface area contributed by atoms with Crippen molar-refractivity contribution in [1.29, 1.82) is 0 Å². The van der Waals surface area contributed by atoms with Gasteiger partial charge >= 0.3 is 5.63 Å². The summed E-state index contributed by atoms with van der Waals surface area (Å²) >= 11 is 0. The van der Waals surface area contributed by atoms with E-state index in [1.807, 2.05) is 62.4 Å². The van der Waals surface area contributed by atoms with Crippen molar-refractivity contribution >= 4 is 6.08 Å². The van der Waals surface area contributed by atoms with Gasteiger partial charge in [0.2, 0.25) is 5.75 Å². The van der Waals surface area contributed by atoms with E-state index in [0.29, 0.717) is 5.76 Å². The van der Waals surface area contributed by atoms with Crippen LogP contribution in [0.5, 0.6) is 5.75 Å². The van der Waals surface area contributed by atoms with Gasteiger partial charge in [0.1, 0.15) is 11.4 Å². The zero-order valence-corrected chi connectivity index (χ0v) is 10.8. The molecule has 1 aromatic heterocycles. The fourth-order valence-corrected chi connectivity index (χ4v) is 2.06. The van der Waals surface area contributed by atoms with Crippen molar-refractivity contribution in [1.82, 2.24) is 0 Å². The van der Waals surface area contributed by atoms with E-state index in [0.717, 1.165) is 11.1 Å². The Morgan fingerprint density at radius 1 is 1.11 bits per heavy atom. The second-order valence-corrected chi connectivity index (χ2v) is 5.09. The molecule has 0 atom stereocenters. The molecule has 0 amide bonds. The Balaban J connectivity index is 2.14. The van der Waals surface area contributed by atoms with E-state index in [1.54, 1.807) is 0 Å². The summed E-state index contributed by atoms with van der Waals surface area (Å²) in [6.45, 7) is 3.80. The smallest absolute Gasteiger partial charge is 0.379 e. The minimum atomic E-state index is -0.476. The lowest BCUT2D eigenvalue weighted by molar-refractivity contribution is 0.151. The minimum Gasteiger partial charge on any atom is -0.476 e. The molecule has 0 spiro atoms. The summed E-state index contributed by atoms with van der Waals surface area (Å²) in [6, 6.07) is 11.4. The molecule has 2 aromatic rings. The third kappa shape index (κ3) is 2.19. The van der Waals surface area contributed by atoms with Gasteiger partial charge in [-0.1, -0.05) is 36.4 Å². The van der Waals surface area contributed by atoms with E-state index < -0.39 is 11.2 Å². The van der Waals surface area contributed by atoms with Crippen LogP contribution in [0.25, 0.3) is 17.4 Å². The van der Waals surface area contributed by atoms with Gasteiger partial charge in [0.05, 0.1) is 0 Å². The number of fused-ring (bicyclic) bond motifs is 1. The first kappa shape index (κ1) is 11.8. The van der Waals surface area contributed by atoms with Gasteiger partial charge < -0.3 is 9.15 Å². The molecule has 1 aromatic carbocycles. The van der Waals surface area contributed by atoms with E-state index in [9.17, 15) is 4.79 Å². The van der Waals surface area contributed by atoms with Gasteiger partial charge in [-0.2, -0.15) is 0 Å². The van der Waals surface area contributed by atoms with E-state index >= 15 is 0 Å². The summed E-state index contributed by atoms with van der Waals surface area (Å²) in [5, 5.41) is 0. The van der Waals surface area contributed by atoms with Crippen LogP contribution in [0.4, 0.5) is 0 Å². The van der Waals surface area contributed by atoms with Gasteiger partial charge in [0.15, 0.2) is 0 Å². The molecule has 3 heteroatoms. The van der Waals surface area contributed by atoms with Gasteiger partial charge in [-0.05, 0) is 26.0 Å². The van der Waals surface area contributed by atoms with Crippen LogP contribution in [0, 0.1) is 0 Å². The van der Waals surface area contributed by atoms with E-state index in [2.05, 4.69) is 0 Å². The van der Waals surface area contributed by atoms with Crippen molar-refractivity contribution < 1.29 is 9.15 Å². The fraction of sp³-hybridized carbons (Fsp3) is 0.188. The predicted molar refractivity (Wildman–Crippen MR) is 74.2 cm³/mol. The molecule has 0 saturated heterocycles. The quantitative estimate of drug-likeness (QED) is 0.782. The van der Waals surface area contributed by atoms with Crippen molar-refractivity contribution in [2.24, 2.45) is 0 Å². The Morgan fingerprint density at radius 2 is 1.84 bits per heavy atom. The normalized spacial score (nSPS) is 15.7. The third-order valence-electron chi connectivity index (χ3n) is 3.02. The van der Waals surface area contributed by atoms with Gasteiger partial charge in [-0.25, -0.2) is 4.79 Å². The molecule has 3 rings (SSSR count). The molecule has 19 heavy (non-hydrogen) atoms. The first-order valence-corrected chi connectivity index (χ1v) is 6.17. The topological polar surface area (TPSA) is 39.4 Å². The summed E-state index contributed by atoms with van der Waals surface area (Å²) in [7, 11) is 0. The Bertz CT molecular complexity index is 694. The number of hydrogen-bond acceptors (Lipinski definition) is 3. The fourth-order valence-electron chi connectivity index (χ4n) is 2.06. The van der Waals surface area contributed by atoms with Crippen LogP contribution >= 0.6 is 0 Å². The number of rotatable bonds is 1. The zero-order chi connectivity index (χ0) is 13.5. The summed E-state index contributed by atoms with van der Waals surface area (Å²) < 4.78 is 11.0. The summed E-state index contributed by atoms with van der Waals surface area (Å²) in [5.74, 6) is 0.837. The van der Waals surface area contributed by atoms with Gasteiger partial charge in [0, 0.05) is 11.1 Å². The van der Waals surface area contributed by atoms with Crippen molar-refractivity contribution in [3.63, 3.8) is 0 Å². The molecule has 0 saturated carbocycles. The second kappa shape index (κ2) is 4.12. The van der Waals surface area contributed by atoms with Crippen molar-refractivity contribution in [3.05, 3.63) is 58.5 Å². The largest absolute Gasteiger partial charge is 0.476 e. The zero-order valence-electron chi connectivity index (χ0n) is 10.8. The maximum Gasteiger partial charge on any atom is 0.379 e. The van der Waals surface area contributed by atoms with E-state index in [-0.39, 0.29) is 5.75 Å². The molecule has 1 aliphatic rings. The summed E-state index contributed by atoms with van der Waals surface area (Å²) in [6.07, 6.45) is 3.84. The SMILES string of the molecule is CC1(C)C=Cc2cc(-c3ccccc3)oc(=O)c2O1. The molecule has 0 fully saturated rings. The van der Waals surface area contributed by atoms with Crippen molar-refractivity contribution in [2.45, 2.75) is 19.4 Å². The van der Waals surface area contributed by atoms with Crippen molar-refractivity contribution in [3.8, 4) is 17.1 Å². The molecule has 0 unspecified atom stereocenters. The lowest BCUT2D eigenvalue weighted by Crippen LogP contribution is -2.30. The van der Waals surface area contributed by atoms with E-state index in [1.165, 1.54) is 0 Å². The molecular weight excluding hydrogens is 240 g/mol. The standard InChI is InChI=1S/C16H14O3/c1-16(2)9-8-12-10-13(11-6-4-3-5-7-11)18-15(17)14(12)19-16/h3-10H,1-2H3. The van der Waals surface area contributed by atoms with Gasteiger partial charge in [-0.3, -0.25) is 0 Å². The second-order valence-electron chi connectivity index (χ2n) is 5.09. The monoisotopic (exact) mass is 254 g/mol. The van der Waals surface area contributed by atoms with Gasteiger partial charge in [0.25, 0.3) is 0 Å². The maximum absolute atomic E-state index is 12.0. The molecule has 2 heterocycles. The molecule has 0 N–H and O–H groups in total. The van der Waals surface area contributed by atoms with Crippen LogP contribution in [0.1, 0.15) is 19.4 Å². The number of ether oxygens (including phenoxy) is 1. The first-order valence-electron chi connectivity index (χ1n) is 6.17. The average Bonchev–Trinajstić information content (AvgIpc) is 2.40. The molecule has 0 aliphatic carbocycles. The Hall–Kier alpha value is -2.29. The molecule has 0 radical (unpaired) electrons. The highest BCUT2D eigenvalue weighted by Crippen LogP contribution is 2.30. The van der Waals surface area contributed by atoms with Crippen LogP contribution in [-0.2, 0) is 0 Å². The van der Waals surface area contributed by atoms with Gasteiger partial charge in [-0.15, -0.1) is 0 Å². The molecule has 1 aliphatic heterocycles. The van der Waals surface area contributed by atoms with Crippen molar-refractivity contribution in [2.75, 3.05) is 0 Å². The highest BCUT2D eigenvalue weighted by Gasteiger charge is 2.25.